The molecule has 0 aliphatic carbocycles. The van der Waals surface area contributed by atoms with E-state index in [0.29, 0.717) is 43.6 Å². The van der Waals surface area contributed by atoms with Gasteiger partial charge in [-0.05, 0) is 17.2 Å². The molecule has 0 amide bonds. The highest BCUT2D eigenvalue weighted by atomic mass is 19.1. The van der Waals surface area contributed by atoms with Crippen molar-refractivity contribution in [2.45, 2.75) is 12.8 Å². The molecule has 0 spiro atoms. The summed E-state index contributed by atoms with van der Waals surface area (Å²) in [5.74, 6) is 1.61. The van der Waals surface area contributed by atoms with Crippen LogP contribution in [-0.2, 0) is 9.47 Å². The molecule has 0 N–H and O–H groups in total. The zero-order valence-corrected chi connectivity index (χ0v) is 19.3. The molecule has 2 aliphatic heterocycles. The lowest BCUT2D eigenvalue weighted by Crippen LogP contribution is -2.52. The fraction of sp³-hybridized carbons (Fsp3) is 0.385. The first kappa shape index (κ1) is 22.6. The highest BCUT2D eigenvalue weighted by molar-refractivity contribution is 5.82. The van der Waals surface area contributed by atoms with Gasteiger partial charge in [-0.25, -0.2) is 4.39 Å². The van der Waals surface area contributed by atoms with Crippen LogP contribution in [-0.4, -0.2) is 73.5 Å². The van der Waals surface area contributed by atoms with Gasteiger partial charge in [0.25, 0.3) is 0 Å². The molecule has 3 heterocycles. The first-order chi connectivity index (χ1) is 16.7. The predicted molar refractivity (Wildman–Crippen MR) is 128 cm³/mol. The van der Waals surface area contributed by atoms with E-state index >= 15 is 0 Å². The average Bonchev–Trinajstić information content (AvgIpc) is 3.37. The first-order valence-corrected chi connectivity index (χ1v) is 11.7. The summed E-state index contributed by atoms with van der Waals surface area (Å²) in [4.78, 5) is 9.31. The monoisotopic (exact) mass is 464 g/mol. The van der Waals surface area contributed by atoms with Crippen molar-refractivity contribution in [1.82, 2.24) is 15.0 Å². The molecule has 178 valence electrons. The molecule has 3 aromatic rings. The second-order valence-electron chi connectivity index (χ2n) is 8.53. The lowest BCUT2D eigenvalue weighted by Gasteiger charge is -2.37. The number of guanidine groups is 1. The van der Waals surface area contributed by atoms with Gasteiger partial charge in [-0.15, -0.1) is 0 Å². The van der Waals surface area contributed by atoms with Crippen LogP contribution < -0.4 is 0 Å². The summed E-state index contributed by atoms with van der Waals surface area (Å²) in [6, 6.07) is 16.7. The van der Waals surface area contributed by atoms with Crippen LogP contribution in [0.1, 0.15) is 24.2 Å². The van der Waals surface area contributed by atoms with Crippen LogP contribution in [0.25, 0.3) is 11.1 Å². The molecule has 1 aromatic heterocycles. The fourth-order valence-electron chi connectivity index (χ4n) is 4.32. The normalized spacial score (nSPS) is 17.5. The quantitative estimate of drug-likeness (QED) is 0.424. The van der Waals surface area contributed by atoms with E-state index in [2.05, 4.69) is 15.0 Å². The smallest absolute Gasteiger partial charge is 0.203 e. The van der Waals surface area contributed by atoms with Crippen LogP contribution in [0.2, 0.25) is 0 Å². The van der Waals surface area contributed by atoms with E-state index in [-0.39, 0.29) is 11.7 Å². The van der Waals surface area contributed by atoms with Crippen LogP contribution in [0, 0.1) is 5.82 Å². The second-order valence-corrected chi connectivity index (χ2v) is 8.53. The fourth-order valence-corrected chi connectivity index (χ4v) is 4.32. The Morgan fingerprint density at radius 3 is 2.18 bits per heavy atom. The lowest BCUT2D eigenvalue weighted by molar-refractivity contribution is 0.0422. The number of rotatable bonds is 4. The third-order valence-corrected chi connectivity index (χ3v) is 6.32. The Kier molecular flexibility index (Phi) is 6.87. The van der Waals surface area contributed by atoms with Gasteiger partial charge in [0.15, 0.2) is 5.82 Å². The standard InChI is InChI=1S/C26H29FN4O3/c1-19(21-7-8-22(23(27)17-21)20-5-3-2-4-6-20)24-18-25(29-34-24)28-26(30-9-13-32-14-10-30)31-11-15-33-16-12-31/h2-8,17-19H,9-16H2,1H3. The number of halogens is 1. The third kappa shape index (κ3) is 4.98. The van der Waals surface area contributed by atoms with Gasteiger partial charge in [0.1, 0.15) is 11.6 Å². The second kappa shape index (κ2) is 10.4. The van der Waals surface area contributed by atoms with Gasteiger partial charge in [0.05, 0.1) is 26.4 Å². The molecule has 0 saturated carbocycles. The molecule has 5 rings (SSSR count). The van der Waals surface area contributed by atoms with Crippen molar-refractivity contribution in [3.63, 3.8) is 0 Å². The highest BCUT2D eigenvalue weighted by Crippen LogP contribution is 2.31. The molecule has 7 nitrogen and oxygen atoms in total. The van der Waals surface area contributed by atoms with Crippen molar-refractivity contribution < 1.29 is 18.4 Å². The molecule has 1 atom stereocenters. The molecule has 0 radical (unpaired) electrons. The van der Waals surface area contributed by atoms with Crippen molar-refractivity contribution in [2.75, 3.05) is 52.6 Å². The molecular weight excluding hydrogens is 435 g/mol. The number of aliphatic imine (C=N–C) groups is 1. The minimum atomic E-state index is -0.254. The molecule has 0 bridgehead atoms. The van der Waals surface area contributed by atoms with Gasteiger partial charge in [0, 0.05) is 43.7 Å². The molecule has 8 heteroatoms. The Labute approximate surface area is 198 Å². The van der Waals surface area contributed by atoms with Gasteiger partial charge in [-0.3, -0.25) is 0 Å². The number of nitrogens with zero attached hydrogens (tertiary/aromatic N) is 4. The van der Waals surface area contributed by atoms with Crippen LogP contribution in [0.5, 0.6) is 0 Å². The number of benzene rings is 2. The summed E-state index contributed by atoms with van der Waals surface area (Å²) in [7, 11) is 0. The first-order valence-electron chi connectivity index (χ1n) is 11.7. The number of aromatic nitrogens is 1. The lowest BCUT2D eigenvalue weighted by atomic mass is 9.95. The summed E-state index contributed by atoms with van der Waals surface area (Å²) in [5.41, 5.74) is 2.26. The Hall–Kier alpha value is -3.23. The van der Waals surface area contributed by atoms with E-state index in [0.717, 1.165) is 43.3 Å². The summed E-state index contributed by atoms with van der Waals surface area (Å²) in [5, 5.41) is 4.21. The van der Waals surface area contributed by atoms with Gasteiger partial charge in [-0.1, -0.05) is 54.5 Å². The molecule has 34 heavy (non-hydrogen) atoms. The van der Waals surface area contributed by atoms with Crippen LogP contribution in [0.15, 0.2) is 64.1 Å². The molecule has 2 aromatic carbocycles. The summed E-state index contributed by atoms with van der Waals surface area (Å²) in [6.45, 7) is 7.81. The van der Waals surface area contributed by atoms with Crippen molar-refractivity contribution in [3.8, 4) is 11.1 Å². The number of hydrogen-bond donors (Lipinski definition) is 0. The van der Waals surface area contributed by atoms with Gasteiger partial charge < -0.3 is 23.8 Å². The SMILES string of the molecule is CC(c1ccc(-c2ccccc2)c(F)c1)c1cc(N=C(N2CCOCC2)N2CCOCC2)no1. The zero-order valence-electron chi connectivity index (χ0n) is 19.3. The maximum Gasteiger partial charge on any atom is 0.203 e. The van der Waals surface area contributed by atoms with Crippen molar-refractivity contribution in [2.24, 2.45) is 4.99 Å². The van der Waals surface area contributed by atoms with E-state index in [1.54, 1.807) is 6.07 Å². The van der Waals surface area contributed by atoms with Gasteiger partial charge >= 0.3 is 0 Å². The molecular formula is C26H29FN4O3. The Balaban J connectivity index is 1.37. The number of morpholine rings is 2. The summed E-state index contributed by atoms with van der Waals surface area (Å²) < 4.78 is 31.6. The predicted octanol–water partition coefficient (Wildman–Crippen LogP) is 4.28. The van der Waals surface area contributed by atoms with Crippen LogP contribution >= 0.6 is 0 Å². The van der Waals surface area contributed by atoms with Crippen molar-refractivity contribution >= 4 is 11.8 Å². The minimum Gasteiger partial charge on any atom is -0.378 e. The number of hydrogen-bond acceptors (Lipinski definition) is 5. The van der Waals surface area contributed by atoms with E-state index in [4.69, 9.17) is 19.0 Å². The van der Waals surface area contributed by atoms with Gasteiger partial charge in [0.2, 0.25) is 5.96 Å². The summed E-state index contributed by atoms with van der Waals surface area (Å²) >= 11 is 0. The molecule has 2 fully saturated rings. The van der Waals surface area contributed by atoms with Crippen molar-refractivity contribution in [1.29, 1.82) is 0 Å². The zero-order chi connectivity index (χ0) is 23.3. The highest BCUT2D eigenvalue weighted by Gasteiger charge is 2.24. The van der Waals surface area contributed by atoms with Crippen molar-refractivity contribution in [3.05, 3.63) is 71.7 Å². The van der Waals surface area contributed by atoms with E-state index in [1.165, 1.54) is 0 Å². The molecule has 1 unspecified atom stereocenters. The average molecular weight is 465 g/mol. The Morgan fingerprint density at radius 1 is 0.912 bits per heavy atom. The topological polar surface area (TPSA) is 63.3 Å². The van der Waals surface area contributed by atoms with E-state index in [9.17, 15) is 4.39 Å². The maximum absolute atomic E-state index is 14.9. The molecule has 2 aliphatic rings. The van der Waals surface area contributed by atoms with Crippen LogP contribution in [0.3, 0.4) is 0 Å². The van der Waals surface area contributed by atoms with Crippen LogP contribution in [0.4, 0.5) is 10.2 Å². The Morgan fingerprint density at radius 2 is 1.56 bits per heavy atom. The summed E-state index contributed by atoms with van der Waals surface area (Å²) in [6.07, 6.45) is 0. The van der Waals surface area contributed by atoms with Gasteiger partial charge in [-0.2, -0.15) is 4.99 Å². The molecule has 2 saturated heterocycles. The third-order valence-electron chi connectivity index (χ3n) is 6.32. The number of ether oxygens (including phenoxy) is 2. The van der Waals surface area contributed by atoms with E-state index in [1.807, 2.05) is 55.5 Å². The largest absolute Gasteiger partial charge is 0.378 e. The van der Waals surface area contributed by atoms with E-state index < -0.39 is 0 Å². The maximum atomic E-state index is 14.9. The Bertz CT molecular complexity index is 1100. The minimum absolute atomic E-state index is 0.161.